The second-order valence-electron chi connectivity index (χ2n) is 5.85. The lowest BCUT2D eigenvalue weighted by molar-refractivity contribution is -0.118. The minimum Gasteiger partial charge on any atom is -0.493 e. The Morgan fingerprint density at radius 2 is 2.00 bits per heavy atom. The van der Waals surface area contributed by atoms with Crippen molar-refractivity contribution in [3.8, 4) is 11.5 Å². The molecule has 30 heavy (non-hydrogen) atoms. The van der Waals surface area contributed by atoms with Crippen LogP contribution in [0.25, 0.3) is 0 Å². The number of nitrogens with one attached hydrogen (secondary N) is 3. The van der Waals surface area contributed by atoms with Crippen LogP contribution < -0.4 is 25.5 Å². The summed E-state index contributed by atoms with van der Waals surface area (Å²) in [5.74, 6) is 0.549. The number of carbonyl (C=O) groups is 1. The van der Waals surface area contributed by atoms with Gasteiger partial charge in [0.1, 0.15) is 0 Å². The van der Waals surface area contributed by atoms with E-state index < -0.39 is 0 Å². The van der Waals surface area contributed by atoms with Crippen molar-refractivity contribution < 1.29 is 19.0 Å². The fourth-order valence-electron chi connectivity index (χ4n) is 2.25. The quantitative estimate of drug-likeness (QED) is 0.222. The van der Waals surface area contributed by atoms with Gasteiger partial charge in [0.15, 0.2) is 23.2 Å². The maximum Gasteiger partial charge on any atom is 0.262 e. The zero-order valence-electron chi connectivity index (χ0n) is 16.6. The Bertz CT molecular complexity index is 895. The van der Waals surface area contributed by atoms with E-state index in [9.17, 15) is 4.79 Å². The van der Waals surface area contributed by atoms with Gasteiger partial charge < -0.3 is 24.8 Å². The minimum atomic E-state index is -0.338. The number of rotatable bonds is 10. The summed E-state index contributed by atoms with van der Waals surface area (Å²) >= 11 is 11.1. The number of thiocarbonyl (C=S) groups is 1. The van der Waals surface area contributed by atoms with Crippen LogP contribution in [0.1, 0.15) is 5.56 Å². The van der Waals surface area contributed by atoms with Gasteiger partial charge in [0.25, 0.3) is 5.91 Å². The van der Waals surface area contributed by atoms with E-state index in [4.69, 9.17) is 38.0 Å². The largest absolute Gasteiger partial charge is 0.493 e. The number of carbonyl (C=O) groups excluding carboxylic acids is 1. The summed E-state index contributed by atoms with van der Waals surface area (Å²) in [5.41, 5.74) is 3.99. The van der Waals surface area contributed by atoms with Crippen molar-refractivity contribution in [2.45, 2.75) is 0 Å². The van der Waals surface area contributed by atoms with Crippen LogP contribution in [0.15, 0.2) is 47.6 Å². The summed E-state index contributed by atoms with van der Waals surface area (Å²) < 4.78 is 15.8. The molecule has 3 N–H and O–H groups in total. The topological polar surface area (TPSA) is 93.2 Å². The van der Waals surface area contributed by atoms with Crippen LogP contribution in [0.2, 0.25) is 5.02 Å². The molecule has 0 radical (unpaired) electrons. The molecule has 0 aromatic heterocycles. The van der Waals surface area contributed by atoms with Crippen molar-refractivity contribution in [3.63, 3.8) is 0 Å². The average molecular weight is 451 g/mol. The van der Waals surface area contributed by atoms with Gasteiger partial charge >= 0.3 is 0 Å². The predicted molar refractivity (Wildman–Crippen MR) is 122 cm³/mol. The Morgan fingerprint density at radius 3 is 2.73 bits per heavy atom. The lowest BCUT2D eigenvalue weighted by Crippen LogP contribution is -2.34. The summed E-state index contributed by atoms with van der Waals surface area (Å²) in [4.78, 5) is 12.1. The molecule has 2 aromatic carbocycles. The molecule has 0 fully saturated rings. The smallest absolute Gasteiger partial charge is 0.262 e. The van der Waals surface area contributed by atoms with E-state index in [0.29, 0.717) is 40.5 Å². The Labute approximate surface area is 185 Å². The molecule has 0 atom stereocenters. The molecule has 0 heterocycles. The molecule has 8 nitrogen and oxygen atoms in total. The highest BCUT2D eigenvalue weighted by Crippen LogP contribution is 2.27. The van der Waals surface area contributed by atoms with Crippen molar-refractivity contribution >= 4 is 46.7 Å². The first-order chi connectivity index (χ1) is 14.5. The lowest BCUT2D eigenvalue weighted by Gasteiger charge is -2.12. The normalized spacial score (nSPS) is 10.5. The molecule has 1 amide bonds. The van der Waals surface area contributed by atoms with Crippen LogP contribution in [0.4, 0.5) is 5.69 Å². The zero-order chi connectivity index (χ0) is 21.8. The third-order valence-electron chi connectivity index (χ3n) is 3.67. The second-order valence-corrected chi connectivity index (χ2v) is 6.66. The average Bonchev–Trinajstić information content (AvgIpc) is 2.74. The van der Waals surface area contributed by atoms with Gasteiger partial charge in [-0.3, -0.25) is 10.2 Å². The molecule has 160 valence electrons. The van der Waals surface area contributed by atoms with Crippen LogP contribution in [0.3, 0.4) is 0 Å². The van der Waals surface area contributed by atoms with Crippen molar-refractivity contribution in [3.05, 3.63) is 53.1 Å². The van der Waals surface area contributed by atoms with Crippen LogP contribution in [0, 0.1) is 0 Å². The summed E-state index contributed by atoms with van der Waals surface area (Å²) in [6.07, 6.45) is 1.58. The number of amides is 1. The number of nitrogens with zero attached hydrogens (tertiary/aromatic N) is 1. The number of methoxy groups -OCH3 is 2. The first-order valence-corrected chi connectivity index (χ1v) is 9.73. The highest BCUT2D eigenvalue weighted by Gasteiger charge is 2.10. The predicted octanol–water partition coefficient (Wildman–Crippen LogP) is 2.81. The van der Waals surface area contributed by atoms with Crippen molar-refractivity contribution in [1.82, 2.24) is 10.7 Å². The number of ether oxygens (including phenoxy) is 3. The Morgan fingerprint density at radius 1 is 1.20 bits per heavy atom. The molecule has 2 aromatic rings. The van der Waals surface area contributed by atoms with Crippen LogP contribution >= 0.6 is 23.8 Å². The first-order valence-electron chi connectivity index (χ1n) is 8.94. The van der Waals surface area contributed by atoms with E-state index in [0.717, 1.165) is 5.56 Å². The minimum absolute atomic E-state index is 0.196. The summed E-state index contributed by atoms with van der Waals surface area (Å²) in [5, 5.41) is 10.5. The summed E-state index contributed by atoms with van der Waals surface area (Å²) in [6, 6.07) is 12.2. The number of hydrazone groups is 1. The number of benzene rings is 2. The monoisotopic (exact) mass is 450 g/mol. The van der Waals surface area contributed by atoms with E-state index in [1.807, 2.05) is 0 Å². The maximum atomic E-state index is 12.1. The number of halogens is 1. The van der Waals surface area contributed by atoms with Gasteiger partial charge in [0.2, 0.25) is 0 Å². The molecule has 0 bridgehead atoms. The standard InChI is InChI=1S/C20H23ClN4O4S/c1-27-10-9-22-20(30)25-23-12-14-7-8-17(18(11-14)28-2)29-13-19(26)24-16-6-4-3-5-15(16)21/h3-8,11-12H,9-10,13H2,1-2H3,(H,24,26)(H2,22,25,30)/b23-12+. The molecular formula is C20H23ClN4O4S. The fourth-order valence-corrected chi connectivity index (χ4v) is 2.59. The van der Waals surface area contributed by atoms with Gasteiger partial charge in [0.05, 0.1) is 30.6 Å². The Kier molecular flexibility index (Phi) is 9.85. The van der Waals surface area contributed by atoms with E-state index in [-0.39, 0.29) is 12.5 Å². The molecule has 0 saturated carbocycles. The Hall–Kier alpha value is -2.88. The van der Waals surface area contributed by atoms with Gasteiger partial charge in [-0.1, -0.05) is 23.7 Å². The maximum absolute atomic E-state index is 12.1. The van der Waals surface area contributed by atoms with E-state index >= 15 is 0 Å². The Balaban J connectivity index is 1.89. The molecule has 2 rings (SSSR count). The summed E-state index contributed by atoms with van der Waals surface area (Å²) in [6.45, 7) is 0.931. The van der Waals surface area contributed by atoms with Crippen molar-refractivity contribution in [2.24, 2.45) is 5.10 Å². The molecule has 0 aliphatic heterocycles. The molecule has 0 spiro atoms. The van der Waals surface area contributed by atoms with Gasteiger partial charge in [0, 0.05) is 13.7 Å². The first kappa shape index (κ1) is 23.4. The van der Waals surface area contributed by atoms with E-state index in [1.165, 1.54) is 7.11 Å². The van der Waals surface area contributed by atoms with E-state index in [1.54, 1.807) is 55.8 Å². The molecule has 0 unspecified atom stereocenters. The van der Waals surface area contributed by atoms with Gasteiger partial charge in [-0.25, -0.2) is 0 Å². The third kappa shape index (κ3) is 7.86. The SMILES string of the molecule is COCCNC(=S)N/N=C/c1ccc(OCC(=O)Nc2ccccc2Cl)c(OC)c1. The number of hydrogen-bond donors (Lipinski definition) is 3. The molecule has 0 saturated heterocycles. The molecular weight excluding hydrogens is 428 g/mol. The van der Waals surface area contributed by atoms with Crippen molar-refractivity contribution in [2.75, 3.05) is 39.3 Å². The highest BCUT2D eigenvalue weighted by atomic mass is 35.5. The third-order valence-corrected chi connectivity index (χ3v) is 4.23. The van der Waals surface area contributed by atoms with Crippen LogP contribution in [0.5, 0.6) is 11.5 Å². The van der Waals surface area contributed by atoms with Gasteiger partial charge in [-0.15, -0.1) is 0 Å². The molecule has 0 aliphatic rings. The van der Waals surface area contributed by atoms with Crippen LogP contribution in [-0.2, 0) is 9.53 Å². The van der Waals surface area contributed by atoms with Crippen molar-refractivity contribution in [1.29, 1.82) is 0 Å². The van der Waals surface area contributed by atoms with Crippen LogP contribution in [-0.4, -0.2) is 51.2 Å². The van der Waals surface area contributed by atoms with E-state index in [2.05, 4.69) is 21.2 Å². The number of anilines is 1. The summed E-state index contributed by atoms with van der Waals surface area (Å²) in [7, 11) is 3.13. The lowest BCUT2D eigenvalue weighted by atomic mass is 10.2. The zero-order valence-corrected chi connectivity index (χ0v) is 18.2. The fraction of sp³-hybridized carbons (Fsp3) is 0.250. The number of hydrogen-bond acceptors (Lipinski definition) is 6. The van der Waals surface area contributed by atoms with Gasteiger partial charge in [-0.05, 0) is 48.1 Å². The highest BCUT2D eigenvalue weighted by molar-refractivity contribution is 7.80. The number of para-hydroxylation sites is 1. The molecule has 0 aliphatic carbocycles. The van der Waals surface area contributed by atoms with Gasteiger partial charge in [-0.2, -0.15) is 5.10 Å². The molecule has 10 heteroatoms. The second kappa shape index (κ2) is 12.6.